The van der Waals surface area contributed by atoms with Gasteiger partial charge in [-0.2, -0.15) is 0 Å². The van der Waals surface area contributed by atoms with E-state index in [1.165, 1.54) is 0 Å². The molecule has 0 bridgehead atoms. The quantitative estimate of drug-likeness (QED) is 0.929. The van der Waals surface area contributed by atoms with Crippen LogP contribution < -0.4 is 0 Å². The third-order valence-corrected chi connectivity index (χ3v) is 3.62. The van der Waals surface area contributed by atoms with Crippen LogP contribution in [0.5, 0.6) is 0 Å². The van der Waals surface area contributed by atoms with E-state index in [2.05, 4.69) is 4.98 Å². The van der Waals surface area contributed by atoms with Gasteiger partial charge in [0, 0.05) is 12.7 Å². The summed E-state index contributed by atoms with van der Waals surface area (Å²) in [6, 6.07) is 9.76. The molecule has 1 aromatic carbocycles. The first-order chi connectivity index (χ1) is 9.93. The summed E-state index contributed by atoms with van der Waals surface area (Å²) in [5, 5.41) is 9.20. The number of methoxy groups -OCH3 is 1. The molecule has 4 heteroatoms. The summed E-state index contributed by atoms with van der Waals surface area (Å²) in [4.78, 5) is 15.6. The molecule has 0 aliphatic heterocycles. The zero-order valence-electron chi connectivity index (χ0n) is 12.7. The van der Waals surface area contributed by atoms with Crippen molar-refractivity contribution in [2.75, 3.05) is 7.11 Å². The number of rotatable bonds is 4. The average Bonchev–Trinajstić information content (AvgIpc) is 2.45. The number of hydrogen-bond acceptors (Lipinski definition) is 3. The second-order valence-corrected chi connectivity index (χ2v) is 5.09. The Hall–Kier alpha value is -2.20. The number of nitrogens with zero attached hydrogens (tertiary/aromatic N) is 1. The summed E-state index contributed by atoms with van der Waals surface area (Å²) < 4.78 is 5.33. The van der Waals surface area contributed by atoms with Crippen molar-refractivity contribution < 1.29 is 14.6 Å². The minimum atomic E-state index is -0.939. The molecule has 0 radical (unpaired) electrons. The molecule has 0 unspecified atom stereocenters. The van der Waals surface area contributed by atoms with Crippen LogP contribution in [0, 0.1) is 13.8 Å². The Morgan fingerprint density at radius 3 is 2.57 bits per heavy atom. The van der Waals surface area contributed by atoms with Crippen molar-refractivity contribution >= 4 is 5.97 Å². The largest absolute Gasteiger partial charge is 0.478 e. The Labute approximate surface area is 124 Å². The van der Waals surface area contributed by atoms with E-state index >= 15 is 0 Å². The fraction of sp³-hybridized carbons (Fsp3) is 0.294. The van der Waals surface area contributed by atoms with Gasteiger partial charge in [0.15, 0.2) is 0 Å². The molecular weight excluding hydrogens is 266 g/mol. The summed E-state index contributed by atoms with van der Waals surface area (Å²) in [7, 11) is 1.67. The number of aryl methyl sites for hydroxylation is 2. The van der Waals surface area contributed by atoms with Crippen molar-refractivity contribution in [3.8, 4) is 11.3 Å². The maximum absolute atomic E-state index is 11.2. The number of aromatic nitrogens is 1. The lowest BCUT2D eigenvalue weighted by atomic mass is 10.0. The van der Waals surface area contributed by atoms with E-state index in [1.54, 1.807) is 21.0 Å². The highest BCUT2D eigenvalue weighted by atomic mass is 16.5. The lowest BCUT2D eigenvalue weighted by Crippen LogP contribution is -2.06. The molecule has 0 aliphatic rings. The molecule has 0 aliphatic carbocycles. The molecule has 110 valence electrons. The van der Waals surface area contributed by atoms with Crippen LogP contribution in [0.1, 0.15) is 40.2 Å². The fourth-order valence-corrected chi connectivity index (χ4v) is 2.39. The van der Waals surface area contributed by atoms with Crippen LogP contribution in [0.25, 0.3) is 11.3 Å². The van der Waals surface area contributed by atoms with Crippen LogP contribution in [-0.2, 0) is 4.74 Å². The molecule has 0 spiro atoms. The summed E-state index contributed by atoms with van der Waals surface area (Å²) in [5.41, 5.74) is 4.33. The van der Waals surface area contributed by atoms with Gasteiger partial charge in [0.1, 0.15) is 0 Å². The van der Waals surface area contributed by atoms with Crippen molar-refractivity contribution in [2.45, 2.75) is 26.9 Å². The SMILES string of the molecule is CO[C@H](C)c1cccc(-c2cc(C)c(C(=O)O)c(C)n2)c1. The molecule has 0 amide bonds. The predicted molar refractivity (Wildman–Crippen MR) is 81.5 cm³/mol. The first-order valence-corrected chi connectivity index (χ1v) is 6.78. The molecule has 0 saturated heterocycles. The van der Waals surface area contributed by atoms with E-state index in [-0.39, 0.29) is 11.7 Å². The van der Waals surface area contributed by atoms with Gasteiger partial charge >= 0.3 is 5.97 Å². The summed E-state index contributed by atoms with van der Waals surface area (Å²) in [6.07, 6.45) is 0.00503. The second kappa shape index (κ2) is 6.06. The van der Waals surface area contributed by atoms with Crippen molar-refractivity contribution in [1.29, 1.82) is 0 Å². The standard InChI is InChI=1S/C17H19NO3/c1-10-8-15(18-11(2)16(10)17(19)20)14-7-5-6-13(9-14)12(3)21-4/h5-9,12H,1-4H3,(H,19,20)/t12-/m1/s1. The van der Waals surface area contributed by atoms with Crippen molar-refractivity contribution in [2.24, 2.45) is 0 Å². The lowest BCUT2D eigenvalue weighted by molar-refractivity contribution is 0.0695. The first-order valence-electron chi connectivity index (χ1n) is 6.78. The van der Waals surface area contributed by atoms with Crippen LogP contribution in [0.4, 0.5) is 0 Å². The van der Waals surface area contributed by atoms with Gasteiger partial charge in [-0.3, -0.25) is 4.98 Å². The Bertz CT molecular complexity index is 656. The van der Waals surface area contributed by atoms with E-state index in [4.69, 9.17) is 4.74 Å². The molecule has 2 aromatic rings. The van der Waals surface area contributed by atoms with Gasteiger partial charge in [0.25, 0.3) is 0 Å². The van der Waals surface area contributed by atoms with E-state index in [0.29, 0.717) is 5.69 Å². The van der Waals surface area contributed by atoms with Crippen molar-refractivity contribution in [3.05, 3.63) is 52.7 Å². The zero-order valence-corrected chi connectivity index (χ0v) is 12.7. The summed E-state index contributed by atoms with van der Waals surface area (Å²) in [6.45, 7) is 5.50. The van der Waals surface area contributed by atoms with Crippen LogP contribution in [0.15, 0.2) is 30.3 Å². The third kappa shape index (κ3) is 3.11. The fourth-order valence-electron chi connectivity index (χ4n) is 2.39. The first kappa shape index (κ1) is 15.2. The van der Waals surface area contributed by atoms with Crippen LogP contribution in [0.2, 0.25) is 0 Å². The predicted octanol–water partition coefficient (Wildman–Crippen LogP) is 3.77. The van der Waals surface area contributed by atoms with E-state index in [1.807, 2.05) is 37.3 Å². The van der Waals surface area contributed by atoms with E-state index < -0.39 is 5.97 Å². The van der Waals surface area contributed by atoms with Gasteiger partial charge < -0.3 is 9.84 Å². The van der Waals surface area contributed by atoms with Gasteiger partial charge in [-0.05, 0) is 44.0 Å². The highest BCUT2D eigenvalue weighted by molar-refractivity contribution is 5.91. The Morgan fingerprint density at radius 2 is 2.00 bits per heavy atom. The molecular formula is C17H19NO3. The van der Waals surface area contributed by atoms with E-state index in [0.717, 1.165) is 22.4 Å². The zero-order chi connectivity index (χ0) is 15.6. The number of hydrogen-bond donors (Lipinski definition) is 1. The molecule has 21 heavy (non-hydrogen) atoms. The summed E-state index contributed by atoms with van der Waals surface area (Å²) >= 11 is 0. The lowest BCUT2D eigenvalue weighted by Gasteiger charge is -2.12. The second-order valence-electron chi connectivity index (χ2n) is 5.09. The number of carboxylic acid groups (broad SMARTS) is 1. The minimum Gasteiger partial charge on any atom is -0.478 e. The number of carbonyl (C=O) groups is 1. The highest BCUT2D eigenvalue weighted by Gasteiger charge is 2.14. The molecule has 1 heterocycles. The number of pyridine rings is 1. The normalized spacial score (nSPS) is 12.2. The highest BCUT2D eigenvalue weighted by Crippen LogP contribution is 2.25. The topological polar surface area (TPSA) is 59.4 Å². The van der Waals surface area contributed by atoms with Crippen LogP contribution >= 0.6 is 0 Å². The number of benzene rings is 1. The number of carboxylic acids is 1. The Kier molecular flexibility index (Phi) is 4.38. The van der Waals surface area contributed by atoms with Gasteiger partial charge in [-0.1, -0.05) is 18.2 Å². The molecule has 1 aromatic heterocycles. The van der Waals surface area contributed by atoms with Gasteiger partial charge in [0.05, 0.1) is 23.1 Å². The van der Waals surface area contributed by atoms with E-state index in [9.17, 15) is 9.90 Å². The molecule has 4 nitrogen and oxygen atoms in total. The van der Waals surface area contributed by atoms with Crippen LogP contribution in [-0.4, -0.2) is 23.2 Å². The van der Waals surface area contributed by atoms with Gasteiger partial charge in [0.2, 0.25) is 0 Å². The summed E-state index contributed by atoms with van der Waals surface area (Å²) in [5.74, 6) is -0.939. The molecule has 2 rings (SSSR count). The monoisotopic (exact) mass is 285 g/mol. The van der Waals surface area contributed by atoms with Crippen molar-refractivity contribution in [3.63, 3.8) is 0 Å². The molecule has 1 N–H and O–H groups in total. The Balaban J connectivity index is 2.50. The Morgan fingerprint density at radius 1 is 1.29 bits per heavy atom. The molecule has 0 fully saturated rings. The smallest absolute Gasteiger partial charge is 0.337 e. The van der Waals surface area contributed by atoms with Gasteiger partial charge in [-0.15, -0.1) is 0 Å². The molecule has 0 saturated carbocycles. The average molecular weight is 285 g/mol. The maximum Gasteiger partial charge on any atom is 0.337 e. The van der Waals surface area contributed by atoms with Gasteiger partial charge in [-0.25, -0.2) is 4.79 Å². The number of aromatic carboxylic acids is 1. The number of ether oxygens (including phenoxy) is 1. The minimum absolute atomic E-state index is 0.00503. The maximum atomic E-state index is 11.2. The van der Waals surface area contributed by atoms with Crippen molar-refractivity contribution in [1.82, 2.24) is 4.98 Å². The van der Waals surface area contributed by atoms with Crippen LogP contribution in [0.3, 0.4) is 0 Å². The third-order valence-electron chi connectivity index (χ3n) is 3.62. The molecule has 1 atom stereocenters.